The third-order valence-corrected chi connectivity index (χ3v) is 4.87. The van der Waals surface area contributed by atoms with Crippen molar-refractivity contribution >= 4 is 17.4 Å². The average Bonchev–Trinajstić information content (AvgIpc) is 2.50. The molecule has 2 bridgehead atoms. The number of hydrogen-bond donors (Lipinski definition) is 0. The Morgan fingerprint density at radius 1 is 1.12 bits per heavy atom. The highest BCUT2D eigenvalue weighted by molar-refractivity contribution is 6.39. The van der Waals surface area contributed by atoms with Gasteiger partial charge in [-0.25, -0.2) is 0 Å². The fourth-order valence-electron chi connectivity index (χ4n) is 3.51. The molecule has 4 atom stereocenters. The first-order valence-corrected chi connectivity index (χ1v) is 6.29. The van der Waals surface area contributed by atoms with Crippen LogP contribution in [0.1, 0.15) is 23.0 Å². The SMILES string of the molecule is O=C1C=C[C@H]2C=C[C@]1(Cl)[C@@H]1c3ccccc3[C@H]21. The molecule has 0 saturated carbocycles. The second kappa shape index (κ2) is 2.91. The van der Waals surface area contributed by atoms with Crippen molar-refractivity contribution in [2.45, 2.75) is 16.7 Å². The number of ketones is 1. The summed E-state index contributed by atoms with van der Waals surface area (Å²) < 4.78 is 0. The molecule has 0 unspecified atom stereocenters. The largest absolute Gasteiger partial charge is 0.292 e. The number of hydrogen-bond acceptors (Lipinski definition) is 1. The normalized spacial score (nSPS) is 40.5. The van der Waals surface area contributed by atoms with E-state index in [1.54, 1.807) is 6.08 Å². The van der Waals surface area contributed by atoms with Gasteiger partial charge in [-0.15, -0.1) is 11.6 Å². The number of alkyl halides is 1. The van der Waals surface area contributed by atoms with Gasteiger partial charge in [0.25, 0.3) is 0 Å². The minimum Gasteiger partial charge on any atom is -0.292 e. The predicted molar refractivity (Wildman–Crippen MR) is 67.3 cm³/mol. The molecule has 5 rings (SSSR count). The summed E-state index contributed by atoms with van der Waals surface area (Å²) in [6, 6.07) is 8.34. The van der Waals surface area contributed by atoms with Crippen molar-refractivity contribution in [1.29, 1.82) is 0 Å². The number of benzene rings is 1. The molecule has 0 fully saturated rings. The van der Waals surface area contributed by atoms with Gasteiger partial charge in [0, 0.05) is 17.8 Å². The number of halogens is 1. The van der Waals surface area contributed by atoms with Crippen LogP contribution in [0.5, 0.6) is 0 Å². The zero-order chi connectivity index (χ0) is 11.6. The zero-order valence-corrected chi connectivity index (χ0v) is 9.89. The van der Waals surface area contributed by atoms with Gasteiger partial charge in [0.2, 0.25) is 0 Å². The number of carbonyl (C=O) groups is 1. The summed E-state index contributed by atoms with van der Waals surface area (Å²) in [6.45, 7) is 0. The van der Waals surface area contributed by atoms with Gasteiger partial charge in [-0.05, 0) is 17.2 Å². The van der Waals surface area contributed by atoms with E-state index in [9.17, 15) is 4.79 Å². The molecule has 4 aliphatic rings. The Morgan fingerprint density at radius 3 is 2.71 bits per heavy atom. The molecule has 1 aromatic rings. The third-order valence-electron chi connectivity index (χ3n) is 4.33. The zero-order valence-electron chi connectivity index (χ0n) is 9.14. The fraction of sp³-hybridized carbons (Fsp3) is 0.267. The molecule has 0 heterocycles. The van der Waals surface area contributed by atoms with Crippen molar-refractivity contribution in [3.8, 4) is 0 Å². The molecule has 0 N–H and O–H groups in total. The van der Waals surface area contributed by atoms with E-state index in [-0.39, 0.29) is 11.7 Å². The maximum atomic E-state index is 12.1. The van der Waals surface area contributed by atoms with Crippen molar-refractivity contribution < 1.29 is 4.79 Å². The molecule has 0 radical (unpaired) electrons. The van der Waals surface area contributed by atoms with Gasteiger partial charge in [-0.2, -0.15) is 0 Å². The summed E-state index contributed by atoms with van der Waals surface area (Å²) in [5.41, 5.74) is 2.61. The van der Waals surface area contributed by atoms with Crippen LogP contribution in [0.2, 0.25) is 0 Å². The van der Waals surface area contributed by atoms with Gasteiger partial charge in [-0.1, -0.05) is 42.5 Å². The predicted octanol–water partition coefficient (Wildman–Crippen LogP) is 3.17. The van der Waals surface area contributed by atoms with Gasteiger partial charge >= 0.3 is 0 Å². The summed E-state index contributed by atoms with van der Waals surface area (Å²) in [5, 5.41) is 0. The van der Waals surface area contributed by atoms with E-state index < -0.39 is 4.87 Å². The topological polar surface area (TPSA) is 17.1 Å². The lowest BCUT2D eigenvalue weighted by Crippen LogP contribution is -2.47. The van der Waals surface area contributed by atoms with Crippen molar-refractivity contribution in [2.24, 2.45) is 5.92 Å². The number of allylic oxidation sites excluding steroid dienone is 4. The number of rotatable bonds is 0. The molecule has 4 aliphatic carbocycles. The first kappa shape index (κ1) is 9.67. The third kappa shape index (κ3) is 0.992. The van der Waals surface area contributed by atoms with Crippen LogP contribution in [0.4, 0.5) is 0 Å². The quantitative estimate of drug-likeness (QED) is 0.505. The monoisotopic (exact) mass is 242 g/mol. The first-order valence-electron chi connectivity index (χ1n) is 5.91. The molecule has 0 aliphatic heterocycles. The number of fused-ring (bicyclic) bond motifs is 2. The Balaban J connectivity index is 1.98. The molecule has 84 valence electrons. The van der Waals surface area contributed by atoms with E-state index in [2.05, 4.69) is 24.3 Å². The van der Waals surface area contributed by atoms with E-state index in [1.165, 1.54) is 11.1 Å². The lowest BCUT2D eigenvalue weighted by molar-refractivity contribution is -0.116. The lowest BCUT2D eigenvalue weighted by atomic mass is 9.56. The van der Waals surface area contributed by atoms with Crippen LogP contribution in [0.25, 0.3) is 0 Å². The van der Waals surface area contributed by atoms with Gasteiger partial charge in [0.1, 0.15) is 4.87 Å². The smallest absolute Gasteiger partial charge is 0.180 e. The van der Waals surface area contributed by atoms with Gasteiger partial charge in [-0.3, -0.25) is 4.79 Å². The highest BCUT2D eigenvalue weighted by atomic mass is 35.5. The Hall–Kier alpha value is -1.34. The molecule has 1 nitrogen and oxygen atoms in total. The van der Waals surface area contributed by atoms with Crippen molar-refractivity contribution in [1.82, 2.24) is 0 Å². The van der Waals surface area contributed by atoms with E-state index in [1.807, 2.05) is 18.2 Å². The average molecular weight is 243 g/mol. The van der Waals surface area contributed by atoms with Crippen LogP contribution in [0.3, 0.4) is 0 Å². The molecular weight excluding hydrogens is 232 g/mol. The van der Waals surface area contributed by atoms with Crippen LogP contribution in [0, 0.1) is 5.92 Å². The highest BCUT2D eigenvalue weighted by Gasteiger charge is 2.57. The molecular formula is C15H11ClO. The minimum absolute atomic E-state index is 0.0277. The van der Waals surface area contributed by atoms with Crippen LogP contribution in [0.15, 0.2) is 48.6 Å². The van der Waals surface area contributed by atoms with Crippen LogP contribution < -0.4 is 0 Å². The van der Waals surface area contributed by atoms with Crippen molar-refractivity contribution in [3.63, 3.8) is 0 Å². The summed E-state index contributed by atoms with van der Waals surface area (Å²) in [7, 11) is 0. The molecule has 0 aromatic heterocycles. The Morgan fingerprint density at radius 2 is 1.88 bits per heavy atom. The summed E-state index contributed by atoms with van der Waals surface area (Å²) in [5.74, 6) is 0.891. The Labute approximate surface area is 105 Å². The number of carbonyl (C=O) groups excluding carboxylic acids is 1. The molecule has 0 spiro atoms. The van der Waals surface area contributed by atoms with E-state index in [0.717, 1.165) is 0 Å². The second-order valence-electron chi connectivity index (χ2n) is 5.06. The molecule has 0 saturated heterocycles. The first-order chi connectivity index (χ1) is 8.22. The van der Waals surface area contributed by atoms with Gasteiger partial charge in [0.05, 0.1) is 0 Å². The van der Waals surface area contributed by atoms with Crippen LogP contribution in [-0.2, 0) is 4.79 Å². The van der Waals surface area contributed by atoms with Crippen LogP contribution >= 0.6 is 11.6 Å². The van der Waals surface area contributed by atoms with Crippen molar-refractivity contribution in [3.05, 3.63) is 59.7 Å². The van der Waals surface area contributed by atoms with Crippen molar-refractivity contribution in [2.75, 3.05) is 0 Å². The maximum absolute atomic E-state index is 12.1. The van der Waals surface area contributed by atoms with Gasteiger partial charge < -0.3 is 0 Å². The second-order valence-corrected chi connectivity index (χ2v) is 5.69. The Kier molecular flexibility index (Phi) is 1.65. The summed E-state index contributed by atoms with van der Waals surface area (Å²) >= 11 is 6.59. The fourth-order valence-corrected chi connectivity index (χ4v) is 3.90. The molecule has 1 aromatic carbocycles. The molecule has 17 heavy (non-hydrogen) atoms. The maximum Gasteiger partial charge on any atom is 0.180 e. The molecule has 2 heteroatoms. The van der Waals surface area contributed by atoms with E-state index in [4.69, 9.17) is 11.6 Å². The van der Waals surface area contributed by atoms with E-state index in [0.29, 0.717) is 11.8 Å². The standard InChI is InChI=1S/C15H11ClO/c16-15-8-7-9(5-6-12(15)17)13-10-3-1-2-4-11(10)14(13)15/h1-9,13-14H/t9-,13-,14+,15+/m0/s1. The summed E-state index contributed by atoms with van der Waals surface area (Å²) in [6.07, 6.45) is 7.66. The minimum atomic E-state index is -0.845. The molecule has 0 amide bonds. The summed E-state index contributed by atoms with van der Waals surface area (Å²) in [4.78, 5) is 11.3. The van der Waals surface area contributed by atoms with E-state index >= 15 is 0 Å². The highest BCUT2D eigenvalue weighted by Crippen LogP contribution is 2.62. The van der Waals surface area contributed by atoms with Crippen LogP contribution in [-0.4, -0.2) is 10.7 Å². The Bertz CT molecular complexity index is 586. The lowest BCUT2D eigenvalue weighted by Gasteiger charge is -2.49. The van der Waals surface area contributed by atoms with Gasteiger partial charge in [0.15, 0.2) is 5.78 Å².